The summed E-state index contributed by atoms with van der Waals surface area (Å²) in [5.41, 5.74) is 0.545. The van der Waals surface area contributed by atoms with E-state index in [2.05, 4.69) is 15.2 Å². The minimum atomic E-state index is -0.498. The average molecular weight is 404 g/mol. The Morgan fingerprint density at radius 3 is 2.64 bits per heavy atom. The number of aromatic nitrogens is 1. The molecular formula is C21H29N3O3S. The van der Waals surface area contributed by atoms with Crippen LogP contribution in [0.4, 0.5) is 4.79 Å². The van der Waals surface area contributed by atoms with Gasteiger partial charge in [0.15, 0.2) is 0 Å². The van der Waals surface area contributed by atoms with Gasteiger partial charge in [0.05, 0.1) is 13.2 Å². The summed E-state index contributed by atoms with van der Waals surface area (Å²) in [6.07, 6.45) is 3.76. The first kappa shape index (κ1) is 20.6. The Hall–Kier alpha value is -2.12. The molecule has 1 amide bonds. The van der Waals surface area contributed by atoms with Crippen molar-refractivity contribution in [1.29, 1.82) is 0 Å². The van der Waals surface area contributed by atoms with E-state index in [1.807, 2.05) is 45.0 Å². The fourth-order valence-corrected chi connectivity index (χ4v) is 3.63. The highest BCUT2D eigenvalue weighted by atomic mass is 32.1. The van der Waals surface area contributed by atoms with E-state index >= 15 is 0 Å². The largest absolute Gasteiger partial charge is 0.494 e. The molecule has 2 heterocycles. The van der Waals surface area contributed by atoms with Crippen molar-refractivity contribution in [2.75, 3.05) is 26.2 Å². The van der Waals surface area contributed by atoms with Gasteiger partial charge in [-0.2, -0.15) is 0 Å². The van der Waals surface area contributed by atoms with Crippen molar-refractivity contribution in [3.8, 4) is 16.3 Å². The molecule has 28 heavy (non-hydrogen) atoms. The molecule has 3 rings (SSSR count). The van der Waals surface area contributed by atoms with E-state index in [0.29, 0.717) is 6.54 Å². The van der Waals surface area contributed by atoms with Crippen LogP contribution in [0.2, 0.25) is 0 Å². The van der Waals surface area contributed by atoms with Crippen LogP contribution in [0.3, 0.4) is 0 Å². The van der Waals surface area contributed by atoms with Crippen LogP contribution < -0.4 is 10.1 Å². The second kappa shape index (κ2) is 9.39. The van der Waals surface area contributed by atoms with Crippen molar-refractivity contribution in [3.05, 3.63) is 35.3 Å². The molecule has 0 radical (unpaired) electrons. The minimum Gasteiger partial charge on any atom is -0.494 e. The van der Waals surface area contributed by atoms with Gasteiger partial charge in [0.1, 0.15) is 16.4 Å². The topological polar surface area (TPSA) is 63.7 Å². The number of benzene rings is 1. The van der Waals surface area contributed by atoms with E-state index in [4.69, 9.17) is 9.47 Å². The molecule has 1 aromatic heterocycles. The second-order valence-corrected chi connectivity index (χ2v) is 9.02. The zero-order valence-corrected chi connectivity index (χ0v) is 17.7. The Balaban J connectivity index is 1.44. The summed E-state index contributed by atoms with van der Waals surface area (Å²) < 4.78 is 11.1. The number of amides is 1. The summed E-state index contributed by atoms with van der Waals surface area (Å²) in [5.74, 6) is 0.885. The first-order valence-electron chi connectivity index (χ1n) is 9.76. The van der Waals surface area contributed by atoms with Crippen molar-refractivity contribution in [3.63, 3.8) is 0 Å². The Bertz CT molecular complexity index is 764. The zero-order valence-electron chi connectivity index (χ0n) is 16.9. The molecule has 1 fully saturated rings. The minimum absolute atomic E-state index is 0.408. The van der Waals surface area contributed by atoms with Crippen LogP contribution in [-0.4, -0.2) is 47.8 Å². The van der Waals surface area contributed by atoms with Crippen LogP contribution in [0.15, 0.2) is 30.5 Å². The normalized spacial score (nSPS) is 14.4. The molecule has 1 aliphatic rings. The highest BCUT2D eigenvalue weighted by Crippen LogP contribution is 2.27. The molecule has 0 saturated carbocycles. The highest BCUT2D eigenvalue weighted by molar-refractivity contribution is 7.15. The number of likely N-dealkylation sites (tertiary alicyclic amines) is 1. The van der Waals surface area contributed by atoms with Crippen LogP contribution in [-0.2, 0) is 11.3 Å². The summed E-state index contributed by atoms with van der Waals surface area (Å²) in [6.45, 7) is 10.3. The van der Waals surface area contributed by atoms with Crippen molar-refractivity contribution in [2.45, 2.75) is 45.8 Å². The van der Waals surface area contributed by atoms with Gasteiger partial charge in [0.25, 0.3) is 0 Å². The Morgan fingerprint density at radius 1 is 1.25 bits per heavy atom. The molecule has 1 aromatic carbocycles. The van der Waals surface area contributed by atoms with E-state index in [-0.39, 0.29) is 0 Å². The molecule has 1 aliphatic heterocycles. The van der Waals surface area contributed by atoms with Crippen LogP contribution >= 0.6 is 11.3 Å². The fourth-order valence-electron chi connectivity index (χ4n) is 2.77. The van der Waals surface area contributed by atoms with Gasteiger partial charge in [-0.3, -0.25) is 0 Å². The van der Waals surface area contributed by atoms with Crippen molar-refractivity contribution < 1.29 is 14.3 Å². The van der Waals surface area contributed by atoms with Crippen LogP contribution in [0.5, 0.6) is 5.75 Å². The lowest BCUT2D eigenvalue weighted by molar-refractivity contribution is 0.0524. The van der Waals surface area contributed by atoms with Gasteiger partial charge in [-0.15, -0.1) is 11.3 Å². The Kier molecular flexibility index (Phi) is 6.91. The second-order valence-electron chi connectivity index (χ2n) is 7.91. The molecule has 0 unspecified atom stereocenters. The van der Waals surface area contributed by atoms with Crippen molar-refractivity contribution in [2.24, 2.45) is 0 Å². The van der Waals surface area contributed by atoms with Crippen LogP contribution in [0.1, 0.15) is 38.5 Å². The van der Waals surface area contributed by atoms with Gasteiger partial charge in [-0.25, -0.2) is 9.78 Å². The lowest BCUT2D eigenvalue weighted by Gasteiger charge is -2.30. The number of hydrogen-bond donors (Lipinski definition) is 1. The molecule has 6 nitrogen and oxygen atoms in total. The third kappa shape index (κ3) is 6.49. The number of rotatable bonds is 8. The van der Waals surface area contributed by atoms with Crippen LogP contribution in [0, 0.1) is 0 Å². The summed E-state index contributed by atoms with van der Waals surface area (Å²) in [7, 11) is 0. The summed E-state index contributed by atoms with van der Waals surface area (Å²) in [6, 6.07) is 8.02. The van der Waals surface area contributed by atoms with E-state index in [1.165, 1.54) is 19.5 Å². The Labute approximate surface area is 170 Å². The Morgan fingerprint density at radius 2 is 2.00 bits per heavy atom. The van der Waals surface area contributed by atoms with Gasteiger partial charge in [0.2, 0.25) is 0 Å². The summed E-state index contributed by atoms with van der Waals surface area (Å²) in [4.78, 5) is 19.6. The zero-order chi connectivity index (χ0) is 20.0. The molecule has 0 aliphatic carbocycles. The van der Waals surface area contributed by atoms with E-state index < -0.39 is 11.7 Å². The molecular weight excluding hydrogens is 374 g/mol. The molecule has 2 aromatic rings. The first-order valence-corrected chi connectivity index (χ1v) is 10.6. The maximum Gasteiger partial charge on any atom is 0.407 e. The molecule has 152 valence electrons. The van der Waals surface area contributed by atoms with Gasteiger partial charge in [-0.1, -0.05) is 0 Å². The average Bonchev–Trinajstić information content (AvgIpc) is 3.06. The van der Waals surface area contributed by atoms with E-state index in [1.54, 1.807) is 17.5 Å². The van der Waals surface area contributed by atoms with Crippen LogP contribution in [0.25, 0.3) is 10.6 Å². The molecule has 1 N–H and O–H groups in total. The van der Waals surface area contributed by atoms with Crippen molar-refractivity contribution >= 4 is 17.4 Å². The van der Waals surface area contributed by atoms with Crippen molar-refractivity contribution in [1.82, 2.24) is 15.2 Å². The summed E-state index contributed by atoms with van der Waals surface area (Å²) in [5, 5.41) is 3.68. The maximum atomic E-state index is 11.7. The number of ether oxygens (including phenoxy) is 2. The maximum absolute atomic E-state index is 11.7. The lowest BCUT2D eigenvalue weighted by atomic mass is 10.2. The quantitative estimate of drug-likeness (QED) is 0.666. The lowest BCUT2D eigenvalue weighted by Crippen LogP contribution is -2.38. The number of carbonyl (C=O) groups is 1. The molecule has 0 spiro atoms. The number of alkyl carbamates (subject to hydrolysis) is 1. The highest BCUT2D eigenvalue weighted by Gasteiger charge is 2.16. The van der Waals surface area contributed by atoms with Gasteiger partial charge in [-0.05, 0) is 71.0 Å². The number of nitrogens with zero attached hydrogens (tertiary/aromatic N) is 2. The van der Waals surface area contributed by atoms with Gasteiger partial charge >= 0.3 is 6.09 Å². The number of thiazole rings is 1. The van der Waals surface area contributed by atoms with E-state index in [0.717, 1.165) is 40.8 Å². The smallest absolute Gasteiger partial charge is 0.407 e. The van der Waals surface area contributed by atoms with E-state index in [9.17, 15) is 4.79 Å². The number of hydrogen-bond acceptors (Lipinski definition) is 6. The first-order chi connectivity index (χ1) is 13.4. The number of nitrogens with one attached hydrogen (secondary N) is 1. The fraction of sp³-hybridized carbons (Fsp3) is 0.524. The monoisotopic (exact) mass is 403 g/mol. The standard InChI is InChI=1S/C21H29N3O3S/c1-21(2,3)27-20(25)23-15-18-14-22-19(28-18)16-6-8-17(9-7-16)26-13-5-12-24-10-4-11-24/h6-9,14H,4-5,10-13,15H2,1-3H3,(H,23,25). The molecule has 0 atom stereocenters. The molecule has 1 saturated heterocycles. The van der Waals surface area contributed by atoms with Gasteiger partial charge < -0.3 is 19.7 Å². The molecule has 0 bridgehead atoms. The summed E-state index contributed by atoms with van der Waals surface area (Å²) >= 11 is 1.56. The predicted molar refractivity (Wildman–Crippen MR) is 112 cm³/mol. The number of carbonyl (C=O) groups excluding carboxylic acids is 1. The molecule has 7 heteroatoms. The SMILES string of the molecule is CC(C)(C)OC(=O)NCc1cnc(-c2ccc(OCCCN3CCC3)cc2)s1. The van der Waals surface area contributed by atoms with Gasteiger partial charge in [0, 0.05) is 23.2 Å². The third-order valence-electron chi connectivity index (χ3n) is 4.30. The third-order valence-corrected chi connectivity index (χ3v) is 5.34. The predicted octanol–water partition coefficient (Wildman–Crippen LogP) is 4.31.